The third-order valence-electron chi connectivity index (χ3n) is 2.12. The molecular weight excluding hydrogens is 208 g/mol. The Kier molecular flexibility index (Phi) is 3.65. The van der Waals surface area contributed by atoms with E-state index in [4.69, 9.17) is 5.11 Å². The van der Waals surface area contributed by atoms with Crippen LogP contribution in [0, 0.1) is 0 Å². The lowest BCUT2D eigenvalue weighted by atomic mass is 10.1. The van der Waals surface area contributed by atoms with Crippen LogP contribution in [0.1, 0.15) is 13.8 Å². The molecule has 0 saturated heterocycles. The fraction of sp³-hybridized carbons (Fsp3) is 0.857. The Morgan fingerprint density at radius 2 is 1.57 bits per heavy atom. The molecule has 0 aromatic rings. The number of carboxylic acids is 1. The minimum absolute atomic E-state index is 0.822. The molecular formula is C7H16N2O4S. The predicted octanol–water partition coefficient (Wildman–Crippen LogP) is -0.412. The zero-order chi connectivity index (χ0) is 11.7. The number of hydrogen-bond donors (Lipinski definition) is 1. The van der Waals surface area contributed by atoms with Gasteiger partial charge in [-0.05, 0) is 13.8 Å². The Labute approximate surface area is 84.3 Å². The van der Waals surface area contributed by atoms with E-state index in [-0.39, 0.29) is 0 Å². The summed E-state index contributed by atoms with van der Waals surface area (Å²) in [5.41, 5.74) is -1.46. The van der Waals surface area contributed by atoms with Crippen molar-refractivity contribution in [2.24, 2.45) is 0 Å². The van der Waals surface area contributed by atoms with E-state index < -0.39 is 21.7 Å². The molecule has 6 nitrogen and oxygen atoms in total. The van der Waals surface area contributed by atoms with E-state index >= 15 is 0 Å². The van der Waals surface area contributed by atoms with Crippen LogP contribution in [0.3, 0.4) is 0 Å². The molecule has 0 rings (SSSR count). The zero-order valence-corrected chi connectivity index (χ0v) is 9.79. The van der Waals surface area contributed by atoms with Crippen LogP contribution in [0.15, 0.2) is 0 Å². The molecule has 84 valence electrons. The van der Waals surface area contributed by atoms with E-state index in [9.17, 15) is 13.2 Å². The van der Waals surface area contributed by atoms with E-state index in [1.165, 1.54) is 35.0 Å². The number of hydrogen-bond acceptors (Lipinski definition) is 3. The van der Waals surface area contributed by atoms with Crippen LogP contribution in [0.5, 0.6) is 0 Å². The fourth-order valence-electron chi connectivity index (χ4n) is 0.668. The lowest BCUT2D eigenvalue weighted by molar-refractivity contribution is -0.146. The molecule has 0 aliphatic heterocycles. The second kappa shape index (κ2) is 3.84. The van der Waals surface area contributed by atoms with Crippen LogP contribution in [0.25, 0.3) is 0 Å². The fourth-order valence-corrected chi connectivity index (χ4v) is 1.81. The Morgan fingerprint density at radius 1 is 1.21 bits per heavy atom. The summed E-state index contributed by atoms with van der Waals surface area (Å²) in [4.78, 5) is 10.8. The van der Waals surface area contributed by atoms with E-state index in [0.717, 1.165) is 8.61 Å². The first-order chi connectivity index (χ1) is 6.04. The quantitative estimate of drug-likeness (QED) is 0.704. The van der Waals surface area contributed by atoms with Crippen LogP contribution >= 0.6 is 0 Å². The number of carboxylic acid groups (broad SMARTS) is 1. The lowest BCUT2D eigenvalue weighted by Crippen LogP contribution is -2.53. The van der Waals surface area contributed by atoms with Gasteiger partial charge in [-0.2, -0.15) is 17.0 Å². The van der Waals surface area contributed by atoms with Gasteiger partial charge in [0.05, 0.1) is 0 Å². The van der Waals surface area contributed by atoms with E-state index in [2.05, 4.69) is 0 Å². The Hall–Kier alpha value is -0.660. The molecule has 0 unspecified atom stereocenters. The molecule has 0 heterocycles. The van der Waals surface area contributed by atoms with Crippen molar-refractivity contribution in [3.63, 3.8) is 0 Å². The highest BCUT2D eigenvalue weighted by atomic mass is 32.2. The van der Waals surface area contributed by atoms with Crippen molar-refractivity contribution in [1.82, 2.24) is 8.61 Å². The van der Waals surface area contributed by atoms with Gasteiger partial charge in [0.2, 0.25) is 0 Å². The highest BCUT2D eigenvalue weighted by Crippen LogP contribution is 2.17. The van der Waals surface area contributed by atoms with Gasteiger partial charge in [-0.1, -0.05) is 0 Å². The number of carbonyl (C=O) groups is 1. The zero-order valence-electron chi connectivity index (χ0n) is 8.97. The molecule has 0 radical (unpaired) electrons. The first-order valence-electron chi connectivity index (χ1n) is 3.94. The summed E-state index contributed by atoms with van der Waals surface area (Å²) in [5.74, 6) is -1.19. The predicted molar refractivity (Wildman–Crippen MR) is 52.1 cm³/mol. The average Bonchev–Trinajstić information content (AvgIpc) is 2.02. The van der Waals surface area contributed by atoms with Gasteiger partial charge in [-0.25, -0.2) is 0 Å². The molecule has 1 N–H and O–H groups in total. The third kappa shape index (κ3) is 2.23. The Balaban J connectivity index is 5.17. The Bertz CT molecular complexity index is 321. The summed E-state index contributed by atoms with van der Waals surface area (Å²) in [5, 5.41) is 8.83. The van der Waals surface area contributed by atoms with Gasteiger partial charge >= 0.3 is 5.97 Å². The topological polar surface area (TPSA) is 77.9 Å². The van der Waals surface area contributed by atoms with Crippen LogP contribution in [-0.4, -0.2) is 54.8 Å². The third-order valence-corrected chi connectivity index (χ3v) is 4.19. The minimum atomic E-state index is -3.69. The van der Waals surface area contributed by atoms with Crippen molar-refractivity contribution in [2.75, 3.05) is 21.1 Å². The summed E-state index contributed by atoms with van der Waals surface area (Å²) in [6.07, 6.45) is 0. The molecule has 0 aliphatic rings. The van der Waals surface area contributed by atoms with Crippen molar-refractivity contribution in [1.29, 1.82) is 0 Å². The second-order valence-electron chi connectivity index (χ2n) is 3.62. The molecule has 0 saturated carbocycles. The maximum Gasteiger partial charge on any atom is 0.324 e. The highest BCUT2D eigenvalue weighted by molar-refractivity contribution is 7.86. The summed E-state index contributed by atoms with van der Waals surface area (Å²) in [7, 11) is 0.248. The first kappa shape index (κ1) is 13.3. The van der Waals surface area contributed by atoms with Gasteiger partial charge in [0.1, 0.15) is 5.54 Å². The Morgan fingerprint density at radius 3 is 1.79 bits per heavy atom. The molecule has 0 aliphatic carbocycles. The monoisotopic (exact) mass is 224 g/mol. The molecule has 0 amide bonds. The van der Waals surface area contributed by atoms with Gasteiger partial charge in [0, 0.05) is 21.1 Å². The largest absolute Gasteiger partial charge is 0.480 e. The number of rotatable bonds is 4. The van der Waals surface area contributed by atoms with Gasteiger partial charge in [-0.3, -0.25) is 4.79 Å². The van der Waals surface area contributed by atoms with Crippen LogP contribution in [-0.2, 0) is 15.0 Å². The van der Waals surface area contributed by atoms with E-state index in [0.29, 0.717) is 0 Å². The smallest absolute Gasteiger partial charge is 0.324 e. The van der Waals surface area contributed by atoms with Crippen molar-refractivity contribution in [2.45, 2.75) is 19.4 Å². The van der Waals surface area contributed by atoms with Gasteiger partial charge < -0.3 is 5.11 Å². The van der Waals surface area contributed by atoms with E-state index in [1.54, 1.807) is 0 Å². The van der Waals surface area contributed by atoms with Crippen molar-refractivity contribution in [3.8, 4) is 0 Å². The number of nitrogens with zero attached hydrogens (tertiary/aromatic N) is 2. The summed E-state index contributed by atoms with van der Waals surface area (Å²) >= 11 is 0. The normalized spacial score (nSPS) is 13.6. The maximum absolute atomic E-state index is 11.6. The summed E-state index contributed by atoms with van der Waals surface area (Å²) in [6, 6.07) is 0. The molecule has 0 bridgehead atoms. The standard InChI is InChI=1S/C7H16N2O4S/c1-7(2,6(10)11)9(5)14(12,13)8(3)4/h1-5H3,(H,10,11). The van der Waals surface area contributed by atoms with Crippen LogP contribution in [0.2, 0.25) is 0 Å². The molecule has 0 aromatic heterocycles. The van der Waals surface area contributed by atoms with Gasteiger partial charge in [0.25, 0.3) is 10.2 Å². The van der Waals surface area contributed by atoms with Gasteiger partial charge in [0.15, 0.2) is 0 Å². The van der Waals surface area contributed by atoms with Gasteiger partial charge in [-0.15, -0.1) is 0 Å². The molecule has 0 aromatic carbocycles. The molecule has 0 atom stereocenters. The maximum atomic E-state index is 11.6. The van der Waals surface area contributed by atoms with Crippen molar-refractivity contribution < 1.29 is 18.3 Å². The number of aliphatic carboxylic acids is 1. The lowest BCUT2D eigenvalue weighted by Gasteiger charge is -2.32. The average molecular weight is 224 g/mol. The van der Waals surface area contributed by atoms with E-state index in [1.807, 2.05) is 0 Å². The summed E-state index contributed by atoms with van der Waals surface area (Å²) < 4.78 is 24.9. The number of likely N-dealkylation sites (N-methyl/N-ethyl adjacent to an activating group) is 1. The molecule has 0 fully saturated rings. The molecule has 7 heteroatoms. The van der Waals surface area contributed by atoms with Crippen LogP contribution in [0.4, 0.5) is 0 Å². The SMILES string of the molecule is CN(C)S(=O)(=O)N(C)C(C)(C)C(=O)O. The van der Waals surface area contributed by atoms with Crippen molar-refractivity contribution in [3.05, 3.63) is 0 Å². The highest BCUT2D eigenvalue weighted by Gasteiger charge is 2.40. The second-order valence-corrected chi connectivity index (χ2v) is 5.80. The molecule has 0 spiro atoms. The van der Waals surface area contributed by atoms with Crippen molar-refractivity contribution >= 4 is 16.2 Å². The molecule has 14 heavy (non-hydrogen) atoms. The minimum Gasteiger partial charge on any atom is -0.480 e. The summed E-state index contributed by atoms with van der Waals surface area (Å²) in [6.45, 7) is 2.66. The van der Waals surface area contributed by atoms with Crippen LogP contribution < -0.4 is 0 Å². The first-order valence-corrected chi connectivity index (χ1v) is 5.34.